The number of allylic oxidation sites excluding steroid dienone is 2. The lowest BCUT2D eigenvalue weighted by molar-refractivity contribution is 0.184. The highest BCUT2D eigenvalue weighted by atomic mass is 28.3. The van der Waals surface area contributed by atoms with Crippen LogP contribution in [0.5, 0.6) is 0 Å². The molecule has 1 fully saturated rings. The molecule has 0 saturated heterocycles. The molecule has 0 aromatic heterocycles. The number of nitrogens with zero attached hydrogens (tertiary/aromatic N) is 1. The zero-order valence-corrected chi connectivity index (χ0v) is 21.4. The molecule has 32 heavy (non-hydrogen) atoms. The summed E-state index contributed by atoms with van der Waals surface area (Å²) in [5.74, 6) is 0. The molecule has 3 atom stereocenters. The molecule has 2 heterocycles. The molecule has 0 spiro atoms. The van der Waals surface area contributed by atoms with Crippen LogP contribution >= 0.6 is 0 Å². The molecule has 1 saturated carbocycles. The number of aryl methyl sites for hydroxylation is 2. The first-order valence-electron chi connectivity index (χ1n) is 11.7. The minimum absolute atomic E-state index is 0.146. The van der Waals surface area contributed by atoms with Crippen molar-refractivity contribution in [3.63, 3.8) is 0 Å². The normalized spacial score (nSPS) is 28.3. The van der Waals surface area contributed by atoms with Crippen LogP contribution < -0.4 is 0 Å². The summed E-state index contributed by atoms with van der Waals surface area (Å²) in [7, 11) is -1.71. The molecule has 5 rings (SSSR count). The number of rotatable bonds is 3. The Morgan fingerprint density at radius 2 is 1.88 bits per heavy atom. The fourth-order valence-electron chi connectivity index (χ4n) is 6.31. The highest BCUT2D eigenvalue weighted by molar-refractivity contribution is 6.83. The lowest BCUT2D eigenvalue weighted by Gasteiger charge is -2.47. The van der Waals surface area contributed by atoms with E-state index in [0.29, 0.717) is 0 Å². The fraction of sp³-hybridized carbons (Fsp3) is 0.379. The Balaban J connectivity index is 1.67. The van der Waals surface area contributed by atoms with Crippen LogP contribution in [0.2, 0.25) is 19.6 Å². The van der Waals surface area contributed by atoms with Crippen LogP contribution in [-0.4, -0.2) is 18.5 Å². The summed E-state index contributed by atoms with van der Waals surface area (Å²) in [4.78, 5) is 2.61. The second-order valence-corrected chi connectivity index (χ2v) is 16.5. The van der Waals surface area contributed by atoms with Crippen LogP contribution in [0.25, 0.3) is 12.2 Å². The van der Waals surface area contributed by atoms with Gasteiger partial charge in [-0.1, -0.05) is 74.6 Å². The first kappa shape index (κ1) is 21.5. The largest absolute Gasteiger partial charge is 0.360 e. The van der Waals surface area contributed by atoms with Gasteiger partial charge in [0.15, 0.2) is 0 Å². The van der Waals surface area contributed by atoms with Crippen molar-refractivity contribution in [1.29, 1.82) is 0 Å². The molecule has 3 heteroatoms. The van der Waals surface area contributed by atoms with Crippen LogP contribution in [0.3, 0.4) is 0 Å². The molecule has 166 valence electrons. The van der Waals surface area contributed by atoms with E-state index in [1.165, 1.54) is 34.2 Å². The molecule has 2 aliphatic heterocycles. The van der Waals surface area contributed by atoms with Gasteiger partial charge in [0.25, 0.3) is 0 Å². The highest BCUT2D eigenvalue weighted by Crippen LogP contribution is 2.68. The third kappa shape index (κ3) is 2.86. The monoisotopic (exact) mass is 443 g/mol. The van der Waals surface area contributed by atoms with Gasteiger partial charge in [0, 0.05) is 17.2 Å². The molecular formula is C29H34FNSi. The average Bonchev–Trinajstić information content (AvgIpc) is 3.29. The average molecular weight is 444 g/mol. The van der Waals surface area contributed by atoms with E-state index < -0.39 is 8.07 Å². The van der Waals surface area contributed by atoms with Crippen molar-refractivity contribution in [2.75, 3.05) is 0 Å². The van der Waals surface area contributed by atoms with E-state index in [1.807, 2.05) is 6.08 Å². The standard InChI is InChI=1S/C29H34FNSi/c1-19-15-20(2)26-25(16-19)27-24-10-8-9-21(11-12-22(17-30)32(5,6)7)23(24)13-14-31(27)29(4)18-28(26,29)3/h8-17,27H,18H2,1-7H3/b12-11-,22-17-. The minimum atomic E-state index is -1.71. The molecule has 2 aromatic carbocycles. The van der Waals surface area contributed by atoms with Gasteiger partial charge in [0.05, 0.1) is 20.4 Å². The number of hydrogen-bond donors (Lipinski definition) is 0. The van der Waals surface area contributed by atoms with Gasteiger partial charge in [-0.05, 0) is 71.8 Å². The van der Waals surface area contributed by atoms with E-state index in [4.69, 9.17) is 0 Å². The van der Waals surface area contributed by atoms with E-state index in [1.54, 1.807) is 5.56 Å². The predicted molar refractivity (Wildman–Crippen MR) is 137 cm³/mol. The van der Waals surface area contributed by atoms with Gasteiger partial charge >= 0.3 is 0 Å². The summed E-state index contributed by atoms with van der Waals surface area (Å²) < 4.78 is 13.6. The molecule has 3 aliphatic rings. The van der Waals surface area contributed by atoms with Crippen LogP contribution in [0.4, 0.5) is 4.39 Å². The van der Waals surface area contributed by atoms with Gasteiger partial charge < -0.3 is 4.90 Å². The van der Waals surface area contributed by atoms with Crippen molar-refractivity contribution in [3.8, 4) is 0 Å². The number of fused-ring (bicyclic) bond motifs is 8. The second kappa shape index (κ2) is 6.80. The molecular weight excluding hydrogens is 409 g/mol. The lowest BCUT2D eigenvalue weighted by atomic mass is 9.74. The summed E-state index contributed by atoms with van der Waals surface area (Å²) in [5.41, 5.74) is 9.89. The van der Waals surface area contributed by atoms with Crippen molar-refractivity contribution in [3.05, 3.63) is 93.1 Å². The molecule has 0 amide bonds. The Hall–Kier alpha value is -2.39. The third-order valence-electron chi connectivity index (χ3n) is 8.26. The van der Waals surface area contributed by atoms with E-state index in [2.05, 4.69) is 101 Å². The van der Waals surface area contributed by atoms with Crippen molar-refractivity contribution < 1.29 is 4.39 Å². The minimum Gasteiger partial charge on any atom is -0.360 e. The Labute approximate surface area is 193 Å². The molecule has 1 nitrogen and oxygen atoms in total. The lowest BCUT2D eigenvalue weighted by Crippen LogP contribution is -2.45. The van der Waals surface area contributed by atoms with Crippen LogP contribution in [-0.2, 0) is 5.41 Å². The smallest absolute Gasteiger partial charge is 0.0859 e. The first-order chi connectivity index (χ1) is 15.0. The van der Waals surface area contributed by atoms with Gasteiger partial charge in [-0.25, -0.2) is 4.39 Å². The number of halogens is 1. The Kier molecular flexibility index (Phi) is 4.56. The van der Waals surface area contributed by atoms with Crippen molar-refractivity contribution in [1.82, 2.24) is 4.90 Å². The Morgan fingerprint density at radius 3 is 2.56 bits per heavy atom. The zero-order chi connectivity index (χ0) is 23.1. The SMILES string of the molecule is Cc1cc(C)c2c(c1)C1c3cccc(/C=C\C(=C\F)[Si](C)(C)C)c3C=CN1C1(C)CC21C. The maximum absolute atomic E-state index is 13.6. The Morgan fingerprint density at radius 1 is 1.12 bits per heavy atom. The van der Waals surface area contributed by atoms with Gasteiger partial charge in [-0.3, -0.25) is 0 Å². The topological polar surface area (TPSA) is 3.24 Å². The van der Waals surface area contributed by atoms with E-state index in [9.17, 15) is 4.39 Å². The van der Waals surface area contributed by atoms with Crippen molar-refractivity contribution in [2.45, 2.75) is 70.8 Å². The van der Waals surface area contributed by atoms with E-state index in [-0.39, 0.29) is 17.0 Å². The van der Waals surface area contributed by atoms with Gasteiger partial charge in [0.1, 0.15) is 0 Å². The van der Waals surface area contributed by atoms with Crippen LogP contribution in [0.1, 0.15) is 65.3 Å². The maximum Gasteiger partial charge on any atom is 0.0859 e. The summed E-state index contributed by atoms with van der Waals surface area (Å²) >= 11 is 0. The summed E-state index contributed by atoms with van der Waals surface area (Å²) in [5, 5.41) is 0.840. The molecule has 0 radical (unpaired) electrons. The van der Waals surface area contributed by atoms with Gasteiger partial charge in [-0.2, -0.15) is 0 Å². The predicted octanol–water partition coefficient (Wildman–Crippen LogP) is 7.86. The van der Waals surface area contributed by atoms with Crippen LogP contribution in [0, 0.1) is 13.8 Å². The van der Waals surface area contributed by atoms with Gasteiger partial charge in [0.2, 0.25) is 0 Å². The number of hydrogen-bond acceptors (Lipinski definition) is 1. The first-order valence-corrected chi connectivity index (χ1v) is 15.2. The second-order valence-electron chi connectivity index (χ2n) is 11.5. The summed E-state index contributed by atoms with van der Waals surface area (Å²) in [6.45, 7) is 15.9. The fourth-order valence-corrected chi connectivity index (χ4v) is 7.22. The molecule has 3 unspecified atom stereocenters. The van der Waals surface area contributed by atoms with Crippen molar-refractivity contribution >= 4 is 20.2 Å². The van der Waals surface area contributed by atoms with Crippen LogP contribution in [0.15, 0.2) is 54.1 Å². The summed E-state index contributed by atoms with van der Waals surface area (Å²) in [6, 6.07) is 11.6. The molecule has 0 N–H and O–H groups in total. The molecule has 2 aromatic rings. The van der Waals surface area contributed by atoms with Crippen molar-refractivity contribution in [2.24, 2.45) is 0 Å². The van der Waals surface area contributed by atoms with E-state index >= 15 is 0 Å². The summed E-state index contributed by atoms with van der Waals surface area (Å²) in [6.07, 6.45) is 10.7. The van der Waals surface area contributed by atoms with E-state index in [0.717, 1.165) is 17.1 Å². The Bertz CT molecular complexity index is 1210. The maximum atomic E-state index is 13.6. The molecule has 0 bridgehead atoms. The quantitative estimate of drug-likeness (QED) is 0.345. The zero-order valence-electron chi connectivity index (χ0n) is 20.4. The highest BCUT2D eigenvalue weighted by Gasteiger charge is 2.69. The third-order valence-corrected chi connectivity index (χ3v) is 10.3. The number of benzene rings is 2. The van der Waals surface area contributed by atoms with Gasteiger partial charge in [-0.15, -0.1) is 0 Å². The molecule has 1 aliphatic carbocycles.